The Morgan fingerprint density at radius 3 is 1.86 bits per heavy atom. The fourth-order valence-electron chi connectivity index (χ4n) is 4.48. The molecular weight excluding hydrogens is 656 g/mol. The molecular formula is C38H48N4O9. The molecule has 0 bridgehead atoms. The van der Waals surface area contributed by atoms with Crippen LogP contribution >= 0.6 is 0 Å². The van der Waals surface area contributed by atoms with Gasteiger partial charge in [0.25, 0.3) is 0 Å². The van der Waals surface area contributed by atoms with Crippen molar-refractivity contribution < 1.29 is 42.9 Å². The standard InChI is InChI=1S/C38H48N4O9/c1-37(2,3)50-33(44)31(22-13-14-23-39-35(46)49-26-28-18-11-8-12-19-28)40-34(45)42(41-36(47)51-38(4,5)6)30-21-15-20-29(24-30)32(43)48-25-27-16-9-7-10-17-27/h7-12,15-21,24,31H,13-14,22-23,25-26H2,1-6H3,(H,39,46)(H,40,45)(H,41,47)/t31-/m0/s1. The maximum absolute atomic E-state index is 13.8. The summed E-state index contributed by atoms with van der Waals surface area (Å²) in [6, 6.07) is 22.3. The fourth-order valence-corrected chi connectivity index (χ4v) is 4.48. The third-order valence-corrected chi connectivity index (χ3v) is 6.75. The number of esters is 2. The van der Waals surface area contributed by atoms with E-state index in [-0.39, 0.29) is 37.4 Å². The number of amides is 4. The molecule has 0 saturated heterocycles. The van der Waals surface area contributed by atoms with E-state index in [4.69, 9.17) is 18.9 Å². The molecule has 0 aromatic heterocycles. The van der Waals surface area contributed by atoms with Gasteiger partial charge in [-0.1, -0.05) is 66.7 Å². The van der Waals surface area contributed by atoms with Crippen molar-refractivity contribution >= 4 is 35.8 Å². The van der Waals surface area contributed by atoms with Crippen molar-refractivity contribution in [3.8, 4) is 0 Å². The van der Waals surface area contributed by atoms with Crippen LogP contribution < -0.4 is 21.1 Å². The normalized spacial score (nSPS) is 11.7. The number of hydrogen-bond acceptors (Lipinski definition) is 9. The summed E-state index contributed by atoms with van der Waals surface area (Å²) in [6.07, 6.45) is -0.513. The summed E-state index contributed by atoms with van der Waals surface area (Å²) in [5, 5.41) is 6.18. The molecule has 0 unspecified atom stereocenters. The molecule has 0 aliphatic rings. The Labute approximate surface area is 298 Å². The van der Waals surface area contributed by atoms with Gasteiger partial charge >= 0.3 is 30.2 Å². The Balaban J connectivity index is 1.71. The van der Waals surface area contributed by atoms with Crippen LogP contribution in [0.15, 0.2) is 84.9 Å². The number of benzene rings is 3. The number of anilines is 1. The van der Waals surface area contributed by atoms with Crippen LogP contribution in [0.4, 0.5) is 20.1 Å². The summed E-state index contributed by atoms with van der Waals surface area (Å²) in [4.78, 5) is 65.0. The van der Waals surface area contributed by atoms with Crippen LogP contribution in [0.3, 0.4) is 0 Å². The summed E-state index contributed by atoms with van der Waals surface area (Å²) in [7, 11) is 0. The largest absolute Gasteiger partial charge is 0.458 e. The molecule has 51 heavy (non-hydrogen) atoms. The average molecular weight is 705 g/mol. The molecule has 0 saturated carbocycles. The van der Waals surface area contributed by atoms with Crippen LogP contribution in [0.25, 0.3) is 0 Å². The van der Waals surface area contributed by atoms with Gasteiger partial charge in [0, 0.05) is 6.54 Å². The molecule has 0 aliphatic heterocycles. The highest BCUT2D eigenvalue weighted by Gasteiger charge is 2.30. The molecule has 0 radical (unpaired) electrons. The molecule has 1 atom stereocenters. The smallest absolute Gasteiger partial charge is 0.427 e. The first-order chi connectivity index (χ1) is 24.1. The molecule has 4 amide bonds. The number of unbranched alkanes of at least 4 members (excludes halogenated alkanes) is 1. The minimum atomic E-state index is -1.14. The molecule has 13 heteroatoms. The van der Waals surface area contributed by atoms with E-state index >= 15 is 0 Å². The van der Waals surface area contributed by atoms with Crippen molar-refractivity contribution in [2.45, 2.75) is 91.3 Å². The first-order valence-corrected chi connectivity index (χ1v) is 16.7. The first kappa shape index (κ1) is 39.8. The first-order valence-electron chi connectivity index (χ1n) is 16.7. The van der Waals surface area contributed by atoms with E-state index in [1.165, 1.54) is 24.3 Å². The molecule has 0 heterocycles. The second-order valence-electron chi connectivity index (χ2n) is 13.6. The predicted molar refractivity (Wildman–Crippen MR) is 190 cm³/mol. The molecule has 3 aromatic rings. The molecule has 0 fully saturated rings. The van der Waals surface area contributed by atoms with Gasteiger partial charge in [0.05, 0.1) is 11.3 Å². The van der Waals surface area contributed by atoms with Gasteiger partial charge in [-0.3, -0.25) is 0 Å². The maximum Gasteiger partial charge on any atom is 0.427 e. The average Bonchev–Trinajstić information content (AvgIpc) is 3.07. The van der Waals surface area contributed by atoms with Crippen LogP contribution in [0.2, 0.25) is 0 Å². The molecule has 0 spiro atoms. The van der Waals surface area contributed by atoms with Gasteiger partial charge in [0.2, 0.25) is 0 Å². The van der Waals surface area contributed by atoms with Crippen molar-refractivity contribution in [3.63, 3.8) is 0 Å². The van der Waals surface area contributed by atoms with E-state index in [0.29, 0.717) is 12.8 Å². The van der Waals surface area contributed by atoms with E-state index in [1.807, 2.05) is 60.7 Å². The highest BCUT2D eigenvalue weighted by Crippen LogP contribution is 2.19. The highest BCUT2D eigenvalue weighted by atomic mass is 16.6. The Hall–Kier alpha value is -5.59. The van der Waals surface area contributed by atoms with E-state index in [2.05, 4.69) is 16.1 Å². The van der Waals surface area contributed by atoms with E-state index in [0.717, 1.165) is 16.1 Å². The van der Waals surface area contributed by atoms with Crippen LogP contribution in [-0.4, -0.2) is 53.9 Å². The van der Waals surface area contributed by atoms with Crippen LogP contribution in [0, 0.1) is 0 Å². The summed E-state index contributed by atoms with van der Waals surface area (Å²) >= 11 is 0. The van der Waals surface area contributed by atoms with E-state index < -0.39 is 47.4 Å². The summed E-state index contributed by atoms with van der Waals surface area (Å²) < 4.78 is 21.6. The molecule has 274 valence electrons. The van der Waals surface area contributed by atoms with Crippen molar-refractivity contribution in [2.24, 2.45) is 0 Å². The van der Waals surface area contributed by atoms with E-state index in [1.54, 1.807) is 41.5 Å². The lowest BCUT2D eigenvalue weighted by Crippen LogP contribution is -2.56. The number of carbonyl (C=O) groups excluding carboxylic acids is 5. The Kier molecular flexibility index (Phi) is 14.8. The van der Waals surface area contributed by atoms with Gasteiger partial charge in [-0.05, 0) is 90.1 Å². The number of nitrogens with one attached hydrogen (secondary N) is 3. The third-order valence-electron chi connectivity index (χ3n) is 6.75. The topological polar surface area (TPSA) is 162 Å². The highest BCUT2D eigenvalue weighted by molar-refractivity contribution is 5.98. The minimum Gasteiger partial charge on any atom is -0.458 e. The molecule has 3 N–H and O–H groups in total. The van der Waals surface area contributed by atoms with Crippen molar-refractivity contribution in [1.82, 2.24) is 16.1 Å². The fraction of sp³-hybridized carbons (Fsp3) is 0.395. The number of carbonyl (C=O) groups is 5. The molecule has 13 nitrogen and oxygen atoms in total. The second-order valence-corrected chi connectivity index (χ2v) is 13.6. The summed E-state index contributed by atoms with van der Waals surface area (Å²) in [5.41, 5.74) is 2.52. The van der Waals surface area contributed by atoms with Gasteiger partial charge in [-0.15, -0.1) is 0 Å². The Bertz CT molecular complexity index is 1600. The maximum atomic E-state index is 13.8. The van der Waals surface area contributed by atoms with E-state index in [9.17, 15) is 24.0 Å². The SMILES string of the molecule is CC(C)(C)OC(=O)NN(C(=O)N[C@@H](CCCCNC(=O)OCc1ccccc1)C(=O)OC(C)(C)C)c1cccc(C(=O)OCc2ccccc2)c1. The number of hydrazine groups is 1. The van der Waals surface area contributed by atoms with Crippen LogP contribution in [0.5, 0.6) is 0 Å². The predicted octanol–water partition coefficient (Wildman–Crippen LogP) is 6.81. The van der Waals surface area contributed by atoms with Gasteiger partial charge in [0.15, 0.2) is 0 Å². The Morgan fingerprint density at radius 1 is 0.686 bits per heavy atom. The lowest BCUT2D eigenvalue weighted by molar-refractivity contribution is -0.157. The van der Waals surface area contributed by atoms with Gasteiger partial charge in [-0.2, -0.15) is 0 Å². The lowest BCUT2D eigenvalue weighted by Gasteiger charge is -2.29. The molecule has 0 aliphatic carbocycles. The number of alkyl carbamates (subject to hydrolysis) is 1. The second kappa shape index (κ2) is 19.0. The number of urea groups is 1. The number of ether oxygens (including phenoxy) is 4. The van der Waals surface area contributed by atoms with Crippen molar-refractivity contribution in [1.29, 1.82) is 0 Å². The lowest BCUT2D eigenvalue weighted by atomic mass is 10.1. The number of rotatable bonds is 13. The third kappa shape index (κ3) is 15.2. The van der Waals surface area contributed by atoms with Crippen LogP contribution in [-0.2, 0) is 37.0 Å². The van der Waals surface area contributed by atoms with Gasteiger partial charge in [-0.25, -0.2) is 34.4 Å². The van der Waals surface area contributed by atoms with Crippen molar-refractivity contribution in [3.05, 3.63) is 102 Å². The quantitative estimate of drug-likeness (QED) is 0.0752. The monoisotopic (exact) mass is 704 g/mol. The zero-order valence-corrected chi connectivity index (χ0v) is 30.0. The van der Waals surface area contributed by atoms with Crippen molar-refractivity contribution in [2.75, 3.05) is 11.6 Å². The van der Waals surface area contributed by atoms with Gasteiger partial charge < -0.3 is 29.6 Å². The molecule has 3 aromatic carbocycles. The number of hydrogen-bond donors (Lipinski definition) is 3. The molecule has 3 rings (SSSR count). The zero-order chi connectivity index (χ0) is 37.4. The summed E-state index contributed by atoms with van der Waals surface area (Å²) in [5.74, 6) is -1.34. The Morgan fingerprint density at radius 2 is 1.27 bits per heavy atom. The van der Waals surface area contributed by atoms with Gasteiger partial charge in [0.1, 0.15) is 30.5 Å². The summed E-state index contributed by atoms with van der Waals surface area (Å²) in [6.45, 7) is 10.5. The minimum absolute atomic E-state index is 0.0339. The zero-order valence-electron chi connectivity index (χ0n) is 30.0. The van der Waals surface area contributed by atoms with Crippen LogP contribution in [0.1, 0.15) is 82.3 Å². The number of nitrogens with zero attached hydrogens (tertiary/aromatic N) is 1.